The Kier molecular flexibility index (Phi) is 4.20. The number of rotatable bonds is 6. The van der Waals surface area contributed by atoms with Crippen molar-refractivity contribution in [3.05, 3.63) is 29.7 Å². The quantitative estimate of drug-likeness (QED) is 0.823. The summed E-state index contributed by atoms with van der Waals surface area (Å²) in [5, 5.41) is 10.6. The van der Waals surface area contributed by atoms with Crippen LogP contribution in [0.25, 0.3) is 11.5 Å². The van der Waals surface area contributed by atoms with Crippen LogP contribution in [0.5, 0.6) is 0 Å². The summed E-state index contributed by atoms with van der Waals surface area (Å²) in [7, 11) is 0. The van der Waals surface area contributed by atoms with Crippen molar-refractivity contribution in [1.29, 1.82) is 0 Å². The van der Waals surface area contributed by atoms with Crippen LogP contribution < -0.4 is 5.32 Å². The molecule has 98 valence electrons. The van der Waals surface area contributed by atoms with E-state index in [0.29, 0.717) is 6.04 Å². The van der Waals surface area contributed by atoms with Crippen LogP contribution >= 0.6 is 0 Å². The van der Waals surface area contributed by atoms with Gasteiger partial charge in [-0.05, 0) is 32.4 Å². The summed E-state index contributed by atoms with van der Waals surface area (Å²) in [6.45, 7) is 7.17. The van der Waals surface area contributed by atoms with Gasteiger partial charge in [0.1, 0.15) is 11.5 Å². The van der Waals surface area contributed by atoms with Crippen molar-refractivity contribution in [1.82, 2.24) is 15.5 Å². The van der Waals surface area contributed by atoms with Gasteiger partial charge < -0.3 is 9.73 Å². The first-order chi connectivity index (χ1) is 8.70. The summed E-state index contributed by atoms with van der Waals surface area (Å²) < 4.78 is 5.62. The lowest BCUT2D eigenvalue weighted by Gasteiger charge is -2.12. The molecule has 0 spiro atoms. The van der Waals surface area contributed by atoms with Gasteiger partial charge in [0.05, 0.1) is 6.20 Å². The van der Waals surface area contributed by atoms with E-state index in [4.69, 9.17) is 4.42 Å². The van der Waals surface area contributed by atoms with Gasteiger partial charge >= 0.3 is 0 Å². The van der Waals surface area contributed by atoms with Crippen LogP contribution in [0.4, 0.5) is 0 Å². The molecule has 0 amide bonds. The topological polar surface area (TPSA) is 53.9 Å². The van der Waals surface area contributed by atoms with Gasteiger partial charge in [-0.15, -0.1) is 0 Å². The SMILES string of the molecule is CCCC(C)NCc1cn[nH]c1-c1ccc(C)o1. The molecule has 1 atom stereocenters. The van der Waals surface area contributed by atoms with Crippen molar-refractivity contribution in [2.24, 2.45) is 0 Å². The molecule has 0 saturated carbocycles. The van der Waals surface area contributed by atoms with Crippen LogP contribution in [0.1, 0.15) is 38.0 Å². The van der Waals surface area contributed by atoms with E-state index in [0.717, 1.165) is 29.3 Å². The second-order valence-electron chi connectivity index (χ2n) is 4.75. The normalized spacial score (nSPS) is 12.8. The van der Waals surface area contributed by atoms with Gasteiger partial charge in [-0.3, -0.25) is 5.10 Å². The highest BCUT2D eigenvalue weighted by Crippen LogP contribution is 2.23. The Morgan fingerprint density at radius 2 is 2.28 bits per heavy atom. The predicted molar refractivity (Wildman–Crippen MR) is 72.2 cm³/mol. The maximum Gasteiger partial charge on any atom is 0.152 e. The van der Waals surface area contributed by atoms with Crippen molar-refractivity contribution < 1.29 is 4.42 Å². The minimum Gasteiger partial charge on any atom is -0.460 e. The molecule has 4 nitrogen and oxygen atoms in total. The first kappa shape index (κ1) is 12.9. The van der Waals surface area contributed by atoms with Crippen molar-refractivity contribution in [3.8, 4) is 11.5 Å². The summed E-state index contributed by atoms with van der Waals surface area (Å²) >= 11 is 0. The molecule has 2 heterocycles. The summed E-state index contributed by atoms with van der Waals surface area (Å²) in [6, 6.07) is 4.46. The maximum atomic E-state index is 5.62. The number of aryl methyl sites for hydroxylation is 1. The molecule has 2 N–H and O–H groups in total. The molecular weight excluding hydrogens is 226 g/mol. The highest BCUT2D eigenvalue weighted by atomic mass is 16.3. The lowest BCUT2D eigenvalue weighted by Crippen LogP contribution is -2.25. The maximum absolute atomic E-state index is 5.62. The van der Waals surface area contributed by atoms with Crippen LogP contribution in [0.15, 0.2) is 22.7 Å². The van der Waals surface area contributed by atoms with E-state index in [9.17, 15) is 0 Å². The molecule has 2 rings (SSSR count). The van der Waals surface area contributed by atoms with Crippen molar-refractivity contribution in [3.63, 3.8) is 0 Å². The van der Waals surface area contributed by atoms with Gasteiger partial charge in [0.25, 0.3) is 0 Å². The smallest absolute Gasteiger partial charge is 0.152 e. The van der Waals surface area contributed by atoms with Crippen molar-refractivity contribution >= 4 is 0 Å². The third-order valence-electron chi connectivity index (χ3n) is 3.07. The molecule has 0 aliphatic heterocycles. The van der Waals surface area contributed by atoms with Gasteiger partial charge in [0, 0.05) is 18.2 Å². The molecule has 0 bridgehead atoms. The first-order valence-electron chi connectivity index (χ1n) is 6.53. The summed E-state index contributed by atoms with van der Waals surface area (Å²) in [4.78, 5) is 0. The molecule has 0 aliphatic carbocycles. The average Bonchev–Trinajstić information content (AvgIpc) is 2.95. The molecule has 2 aromatic heterocycles. The number of hydrogen-bond donors (Lipinski definition) is 2. The standard InChI is InChI=1S/C14H21N3O/c1-4-5-10(2)15-8-12-9-16-17-14(12)13-7-6-11(3)18-13/h6-7,9-10,15H,4-5,8H2,1-3H3,(H,16,17). The van der Waals surface area contributed by atoms with Gasteiger partial charge in [-0.1, -0.05) is 13.3 Å². The van der Waals surface area contributed by atoms with Crippen LogP contribution in [0, 0.1) is 6.92 Å². The zero-order valence-electron chi connectivity index (χ0n) is 11.3. The van der Waals surface area contributed by atoms with E-state index in [1.165, 1.54) is 12.8 Å². The molecule has 0 radical (unpaired) electrons. The molecule has 0 saturated heterocycles. The number of nitrogens with one attached hydrogen (secondary N) is 2. The monoisotopic (exact) mass is 247 g/mol. The van der Waals surface area contributed by atoms with Crippen molar-refractivity contribution in [2.45, 2.75) is 46.2 Å². The number of nitrogens with zero attached hydrogens (tertiary/aromatic N) is 1. The summed E-state index contributed by atoms with van der Waals surface area (Å²) in [6.07, 6.45) is 4.25. The largest absolute Gasteiger partial charge is 0.460 e. The van der Waals surface area contributed by atoms with E-state index in [1.807, 2.05) is 25.3 Å². The molecular formula is C14H21N3O. The lowest BCUT2D eigenvalue weighted by molar-refractivity contribution is 0.507. The molecule has 0 aromatic carbocycles. The Morgan fingerprint density at radius 3 is 2.94 bits per heavy atom. The fraction of sp³-hybridized carbons (Fsp3) is 0.500. The van der Waals surface area contributed by atoms with Gasteiger partial charge in [0.15, 0.2) is 5.76 Å². The number of furan rings is 1. The number of H-pyrrole nitrogens is 1. The zero-order chi connectivity index (χ0) is 13.0. The third-order valence-corrected chi connectivity index (χ3v) is 3.07. The Balaban J connectivity index is 2.04. The fourth-order valence-corrected chi connectivity index (χ4v) is 2.05. The second-order valence-corrected chi connectivity index (χ2v) is 4.75. The first-order valence-corrected chi connectivity index (χ1v) is 6.53. The number of hydrogen-bond acceptors (Lipinski definition) is 3. The molecule has 2 aromatic rings. The lowest BCUT2D eigenvalue weighted by atomic mass is 10.1. The average molecular weight is 247 g/mol. The van der Waals surface area contributed by atoms with E-state index in [2.05, 4.69) is 29.4 Å². The Morgan fingerprint density at radius 1 is 1.44 bits per heavy atom. The van der Waals surface area contributed by atoms with Gasteiger partial charge in [-0.25, -0.2) is 0 Å². The molecule has 0 fully saturated rings. The van der Waals surface area contributed by atoms with E-state index in [1.54, 1.807) is 0 Å². The van der Waals surface area contributed by atoms with Crippen LogP contribution in [-0.4, -0.2) is 16.2 Å². The van der Waals surface area contributed by atoms with Gasteiger partial charge in [-0.2, -0.15) is 5.10 Å². The highest BCUT2D eigenvalue weighted by Gasteiger charge is 2.11. The van der Waals surface area contributed by atoms with Crippen LogP contribution in [-0.2, 0) is 6.54 Å². The zero-order valence-corrected chi connectivity index (χ0v) is 11.3. The Bertz CT molecular complexity index is 487. The number of aromatic amines is 1. The van der Waals surface area contributed by atoms with Crippen LogP contribution in [0.2, 0.25) is 0 Å². The molecule has 1 unspecified atom stereocenters. The van der Waals surface area contributed by atoms with E-state index >= 15 is 0 Å². The van der Waals surface area contributed by atoms with Crippen molar-refractivity contribution in [2.75, 3.05) is 0 Å². The molecule has 0 aliphatic rings. The van der Waals surface area contributed by atoms with Gasteiger partial charge in [0.2, 0.25) is 0 Å². The second kappa shape index (κ2) is 5.87. The highest BCUT2D eigenvalue weighted by molar-refractivity contribution is 5.56. The molecule has 4 heteroatoms. The third kappa shape index (κ3) is 3.01. The predicted octanol–water partition coefficient (Wildman–Crippen LogP) is 3.26. The summed E-state index contributed by atoms with van der Waals surface area (Å²) in [5.41, 5.74) is 2.12. The van der Waals surface area contributed by atoms with E-state index < -0.39 is 0 Å². The minimum atomic E-state index is 0.524. The van der Waals surface area contributed by atoms with E-state index in [-0.39, 0.29) is 0 Å². The Hall–Kier alpha value is -1.55. The number of aromatic nitrogens is 2. The summed E-state index contributed by atoms with van der Waals surface area (Å²) in [5.74, 6) is 1.77. The minimum absolute atomic E-state index is 0.524. The van der Waals surface area contributed by atoms with Crippen LogP contribution in [0.3, 0.4) is 0 Å². The Labute approximate surface area is 108 Å². The fourth-order valence-electron chi connectivity index (χ4n) is 2.05. The molecule has 18 heavy (non-hydrogen) atoms.